The first-order chi connectivity index (χ1) is 14.4. The number of azo groups is 1. The first kappa shape index (κ1) is 23.6. The quantitative estimate of drug-likeness (QED) is 0.206. The average Bonchev–Trinajstić information content (AvgIpc) is 3.12. The van der Waals surface area contributed by atoms with E-state index in [2.05, 4.69) is 21.2 Å². The van der Waals surface area contributed by atoms with Crippen LogP contribution in [0.15, 0.2) is 32.6 Å². The van der Waals surface area contributed by atoms with Gasteiger partial charge in [-0.15, -0.1) is 28.2 Å². The molecule has 0 saturated carbocycles. The molecular formula is C21H24N4O3S2. The van der Waals surface area contributed by atoms with E-state index in [-0.39, 0.29) is 17.0 Å². The zero-order valence-corrected chi connectivity index (χ0v) is 19.3. The number of hydrogen-bond donors (Lipinski definition) is 0. The number of thioether (sulfide) groups is 1. The molecule has 158 valence electrons. The van der Waals surface area contributed by atoms with Gasteiger partial charge in [0, 0.05) is 25.7 Å². The van der Waals surface area contributed by atoms with Gasteiger partial charge in [0.05, 0.1) is 34.4 Å². The van der Waals surface area contributed by atoms with Crippen LogP contribution in [0.1, 0.15) is 45.9 Å². The molecule has 0 spiro atoms. The van der Waals surface area contributed by atoms with Crippen molar-refractivity contribution in [1.29, 1.82) is 5.26 Å². The number of rotatable bonds is 9. The molecule has 0 fully saturated rings. The highest BCUT2D eigenvalue weighted by Gasteiger charge is 2.26. The number of anilines is 1. The van der Waals surface area contributed by atoms with E-state index in [4.69, 9.17) is 10.00 Å². The molecule has 0 amide bonds. The lowest BCUT2D eigenvalue weighted by atomic mass is 10.1. The molecule has 1 aromatic heterocycles. The van der Waals surface area contributed by atoms with Crippen LogP contribution in [0.3, 0.4) is 0 Å². The number of methoxy groups -OCH3 is 1. The highest BCUT2D eigenvalue weighted by Crippen LogP contribution is 2.42. The highest BCUT2D eigenvalue weighted by molar-refractivity contribution is 8.00. The SMILES string of the molecule is CCN(CCC#N)c1ccc(N=Nc2c(C(C)=O)sc(SC)c2C(=O)OC)c(C)c1. The largest absolute Gasteiger partial charge is 0.465 e. The predicted molar refractivity (Wildman–Crippen MR) is 121 cm³/mol. The number of nitriles is 1. The van der Waals surface area contributed by atoms with Gasteiger partial charge < -0.3 is 9.64 Å². The van der Waals surface area contributed by atoms with Gasteiger partial charge in [-0.1, -0.05) is 0 Å². The zero-order valence-electron chi connectivity index (χ0n) is 17.7. The molecule has 0 N–H and O–H groups in total. The lowest BCUT2D eigenvalue weighted by Crippen LogP contribution is -2.23. The molecule has 1 heterocycles. The van der Waals surface area contributed by atoms with Gasteiger partial charge in [0.2, 0.25) is 0 Å². The van der Waals surface area contributed by atoms with Crippen LogP contribution in [0.5, 0.6) is 0 Å². The Labute approximate surface area is 184 Å². The Balaban J connectivity index is 2.44. The Morgan fingerprint density at radius 3 is 2.60 bits per heavy atom. The van der Waals surface area contributed by atoms with E-state index in [9.17, 15) is 9.59 Å². The fourth-order valence-electron chi connectivity index (χ4n) is 2.87. The summed E-state index contributed by atoms with van der Waals surface area (Å²) < 4.78 is 5.56. The lowest BCUT2D eigenvalue weighted by Gasteiger charge is -2.22. The van der Waals surface area contributed by atoms with Gasteiger partial charge in [-0.3, -0.25) is 4.79 Å². The van der Waals surface area contributed by atoms with Gasteiger partial charge in [-0.25, -0.2) is 4.79 Å². The Kier molecular flexibility index (Phi) is 8.57. The zero-order chi connectivity index (χ0) is 22.3. The molecule has 30 heavy (non-hydrogen) atoms. The van der Waals surface area contributed by atoms with Gasteiger partial charge >= 0.3 is 5.97 Å². The third-order valence-corrected chi connectivity index (χ3v) is 6.82. The van der Waals surface area contributed by atoms with E-state index in [1.807, 2.05) is 38.3 Å². The highest BCUT2D eigenvalue weighted by atomic mass is 32.2. The van der Waals surface area contributed by atoms with E-state index in [0.29, 0.717) is 27.7 Å². The Bertz CT molecular complexity index is 1010. The number of ether oxygens (including phenoxy) is 1. The lowest BCUT2D eigenvalue weighted by molar-refractivity contribution is 0.0598. The van der Waals surface area contributed by atoms with Crippen molar-refractivity contribution in [1.82, 2.24) is 0 Å². The van der Waals surface area contributed by atoms with Crippen LogP contribution in [0, 0.1) is 18.3 Å². The Morgan fingerprint density at radius 2 is 2.07 bits per heavy atom. The summed E-state index contributed by atoms with van der Waals surface area (Å²) in [5.41, 5.74) is 3.06. The van der Waals surface area contributed by atoms with Crippen LogP contribution in [0.2, 0.25) is 0 Å². The fraction of sp³-hybridized carbons (Fsp3) is 0.381. The van der Waals surface area contributed by atoms with E-state index >= 15 is 0 Å². The van der Waals surface area contributed by atoms with Crippen LogP contribution in [-0.2, 0) is 4.74 Å². The molecule has 2 rings (SSSR count). The van der Waals surface area contributed by atoms with Crippen molar-refractivity contribution >= 4 is 51.9 Å². The standard InChI is InChI=1S/C21H24N4O3S2/c1-6-25(11-7-10-22)15-8-9-16(13(2)12-15)23-24-18-17(20(27)28-4)21(29-5)30-19(18)14(3)26/h8-9,12H,6-7,11H2,1-5H3. The number of benzene rings is 1. The summed E-state index contributed by atoms with van der Waals surface area (Å²) in [6.45, 7) is 6.85. The molecule has 1 aromatic carbocycles. The second-order valence-electron chi connectivity index (χ2n) is 6.35. The molecule has 7 nitrogen and oxygen atoms in total. The second kappa shape index (κ2) is 10.9. The number of Topliss-reactive ketones (excluding diaryl/α,β-unsaturated/α-hetero) is 1. The minimum atomic E-state index is -0.541. The number of hydrogen-bond acceptors (Lipinski definition) is 9. The summed E-state index contributed by atoms with van der Waals surface area (Å²) in [5.74, 6) is -0.720. The van der Waals surface area contributed by atoms with Crippen molar-refractivity contribution < 1.29 is 14.3 Å². The molecule has 0 atom stereocenters. The third-order valence-electron chi connectivity index (χ3n) is 4.42. The van der Waals surface area contributed by atoms with E-state index in [1.165, 1.54) is 37.1 Å². The summed E-state index contributed by atoms with van der Waals surface area (Å²) in [4.78, 5) is 26.9. The number of ketones is 1. The number of aryl methyl sites for hydroxylation is 1. The van der Waals surface area contributed by atoms with Gasteiger partial charge in [0.25, 0.3) is 0 Å². The van der Waals surface area contributed by atoms with Crippen molar-refractivity contribution in [3.8, 4) is 6.07 Å². The van der Waals surface area contributed by atoms with Crippen molar-refractivity contribution in [2.45, 2.75) is 31.4 Å². The summed E-state index contributed by atoms with van der Waals surface area (Å²) in [6.07, 6.45) is 2.28. The third kappa shape index (κ3) is 5.26. The van der Waals surface area contributed by atoms with Crippen LogP contribution in [0.4, 0.5) is 17.1 Å². The number of esters is 1. The number of thiophene rings is 1. The van der Waals surface area contributed by atoms with Gasteiger partial charge in [-0.2, -0.15) is 10.4 Å². The maximum atomic E-state index is 12.3. The molecule has 9 heteroatoms. The fourth-order valence-corrected chi connectivity index (χ4v) is 4.69. The summed E-state index contributed by atoms with van der Waals surface area (Å²) >= 11 is 2.59. The molecule has 0 radical (unpaired) electrons. The van der Waals surface area contributed by atoms with Crippen molar-refractivity contribution in [2.75, 3.05) is 31.4 Å². The van der Waals surface area contributed by atoms with Gasteiger partial charge in [-0.05, 0) is 43.9 Å². The first-order valence-electron chi connectivity index (χ1n) is 9.32. The minimum Gasteiger partial charge on any atom is -0.465 e. The second-order valence-corrected chi connectivity index (χ2v) is 8.45. The van der Waals surface area contributed by atoms with Crippen LogP contribution >= 0.6 is 23.1 Å². The molecule has 0 saturated heterocycles. The molecule has 0 aliphatic heterocycles. The maximum absolute atomic E-state index is 12.3. The average molecular weight is 445 g/mol. The van der Waals surface area contributed by atoms with Crippen molar-refractivity contribution in [3.63, 3.8) is 0 Å². The predicted octanol–water partition coefficient (Wildman–Crippen LogP) is 5.92. The summed E-state index contributed by atoms with van der Waals surface area (Å²) in [5, 5.41) is 17.4. The molecule has 0 aliphatic carbocycles. The van der Waals surface area contributed by atoms with Crippen molar-refractivity contribution in [2.24, 2.45) is 10.2 Å². The number of nitrogens with zero attached hydrogens (tertiary/aromatic N) is 4. The van der Waals surface area contributed by atoms with Crippen molar-refractivity contribution in [3.05, 3.63) is 34.2 Å². The molecular weight excluding hydrogens is 420 g/mol. The summed E-state index contributed by atoms with van der Waals surface area (Å²) in [7, 11) is 1.30. The maximum Gasteiger partial charge on any atom is 0.342 e. The normalized spacial score (nSPS) is 10.8. The van der Waals surface area contributed by atoms with Crippen LogP contribution in [0.25, 0.3) is 0 Å². The topological polar surface area (TPSA) is 95.1 Å². The monoisotopic (exact) mass is 444 g/mol. The number of carbonyl (C=O) groups excluding carboxylic acids is 2. The molecule has 0 bridgehead atoms. The summed E-state index contributed by atoms with van der Waals surface area (Å²) in [6, 6.07) is 7.93. The molecule has 0 unspecified atom stereocenters. The molecule has 0 aliphatic rings. The van der Waals surface area contributed by atoms with E-state index in [0.717, 1.165) is 17.8 Å². The van der Waals surface area contributed by atoms with Gasteiger partial charge in [0.15, 0.2) is 5.78 Å². The van der Waals surface area contributed by atoms with E-state index < -0.39 is 5.97 Å². The smallest absolute Gasteiger partial charge is 0.342 e. The minimum absolute atomic E-state index is 0.178. The molecule has 2 aromatic rings. The number of carbonyl (C=O) groups is 2. The van der Waals surface area contributed by atoms with E-state index in [1.54, 1.807) is 0 Å². The van der Waals surface area contributed by atoms with Crippen LogP contribution < -0.4 is 4.90 Å². The Hall–Kier alpha value is -2.70. The van der Waals surface area contributed by atoms with Crippen LogP contribution in [-0.4, -0.2) is 38.2 Å². The van der Waals surface area contributed by atoms with Gasteiger partial charge in [0.1, 0.15) is 11.3 Å². The first-order valence-corrected chi connectivity index (χ1v) is 11.4. The Morgan fingerprint density at radius 1 is 1.33 bits per heavy atom.